The van der Waals surface area contributed by atoms with Gasteiger partial charge in [0.25, 0.3) is 0 Å². The Balaban J connectivity index is 2.04. The molecule has 0 amide bonds. The monoisotopic (exact) mass is 282 g/mol. The molecule has 2 N–H and O–H groups in total. The van der Waals surface area contributed by atoms with E-state index in [-0.39, 0.29) is 5.54 Å². The van der Waals surface area contributed by atoms with Gasteiger partial charge in [0, 0.05) is 24.7 Å². The Labute approximate surface area is 125 Å². The molecule has 4 atom stereocenters. The zero-order valence-electron chi connectivity index (χ0n) is 13.7. The first kappa shape index (κ1) is 16.3. The summed E-state index contributed by atoms with van der Waals surface area (Å²) in [7, 11) is 2.32. The van der Waals surface area contributed by atoms with E-state index in [4.69, 9.17) is 10.5 Å². The summed E-state index contributed by atoms with van der Waals surface area (Å²) in [6, 6.07) is 0.725. The third kappa shape index (κ3) is 3.55. The van der Waals surface area contributed by atoms with Crippen molar-refractivity contribution >= 4 is 0 Å². The number of nitrogens with zero attached hydrogens (tertiary/aromatic N) is 1. The molecule has 3 heteroatoms. The molecule has 3 nitrogen and oxygen atoms in total. The fourth-order valence-corrected chi connectivity index (χ4v) is 4.30. The quantitative estimate of drug-likeness (QED) is 0.841. The van der Waals surface area contributed by atoms with E-state index in [1.165, 1.54) is 38.5 Å². The van der Waals surface area contributed by atoms with Crippen LogP contribution in [0.2, 0.25) is 0 Å². The third-order valence-electron chi connectivity index (χ3n) is 5.72. The van der Waals surface area contributed by atoms with E-state index >= 15 is 0 Å². The number of rotatable bonds is 5. The largest absolute Gasteiger partial charge is 0.378 e. The van der Waals surface area contributed by atoms with Crippen LogP contribution in [0.5, 0.6) is 0 Å². The molecule has 1 saturated heterocycles. The molecule has 0 spiro atoms. The summed E-state index contributed by atoms with van der Waals surface area (Å²) in [6.07, 6.45) is 10.5. The van der Waals surface area contributed by atoms with Gasteiger partial charge in [-0.2, -0.15) is 0 Å². The van der Waals surface area contributed by atoms with Crippen molar-refractivity contribution in [3.8, 4) is 0 Å². The predicted molar refractivity (Wildman–Crippen MR) is 84.9 cm³/mol. The molecule has 2 aliphatic rings. The van der Waals surface area contributed by atoms with Gasteiger partial charge in [-0.15, -0.1) is 0 Å². The predicted octanol–water partition coefficient (Wildman–Crippen LogP) is 3.17. The fraction of sp³-hybridized carbons (Fsp3) is 1.00. The van der Waals surface area contributed by atoms with Gasteiger partial charge in [0.15, 0.2) is 0 Å². The smallest absolute Gasteiger partial charge is 0.0593 e. The molecule has 1 aliphatic heterocycles. The maximum absolute atomic E-state index is 6.24. The van der Waals surface area contributed by atoms with Crippen LogP contribution in [0.15, 0.2) is 0 Å². The van der Waals surface area contributed by atoms with Crippen molar-refractivity contribution in [2.24, 2.45) is 11.7 Å². The van der Waals surface area contributed by atoms with E-state index in [9.17, 15) is 0 Å². The normalized spacial score (nSPS) is 39.1. The molecule has 0 bridgehead atoms. The molecule has 1 saturated carbocycles. The SMILES string of the molecule is CCCC1CC(CN)(N(C)C2CCCC(C)C2)CCO1. The Morgan fingerprint density at radius 3 is 2.80 bits per heavy atom. The number of ether oxygens (including phenoxy) is 1. The Morgan fingerprint density at radius 2 is 2.15 bits per heavy atom. The molecule has 0 aromatic heterocycles. The topological polar surface area (TPSA) is 38.5 Å². The molecule has 20 heavy (non-hydrogen) atoms. The molecule has 2 rings (SSSR count). The second kappa shape index (κ2) is 7.24. The number of nitrogens with two attached hydrogens (primary N) is 1. The second-order valence-electron chi connectivity index (χ2n) is 7.20. The molecule has 1 aliphatic carbocycles. The minimum absolute atomic E-state index is 0.180. The van der Waals surface area contributed by atoms with E-state index in [1.54, 1.807) is 0 Å². The van der Waals surface area contributed by atoms with Crippen LogP contribution in [0.3, 0.4) is 0 Å². The summed E-state index contributed by atoms with van der Waals surface area (Å²) in [4.78, 5) is 2.65. The van der Waals surface area contributed by atoms with Crippen LogP contribution >= 0.6 is 0 Å². The molecule has 0 aromatic rings. The highest BCUT2D eigenvalue weighted by atomic mass is 16.5. The van der Waals surface area contributed by atoms with E-state index in [0.717, 1.165) is 38.0 Å². The van der Waals surface area contributed by atoms with Gasteiger partial charge in [-0.25, -0.2) is 0 Å². The van der Waals surface area contributed by atoms with Crippen molar-refractivity contribution in [2.45, 2.75) is 82.9 Å². The van der Waals surface area contributed by atoms with Gasteiger partial charge in [0.2, 0.25) is 0 Å². The van der Waals surface area contributed by atoms with E-state index in [0.29, 0.717) is 6.10 Å². The first-order valence-corrected chi connectivity index (χ1v) is 8.66. The lowest BCUT2D eigenvalue weighted by molar-refractivity contribution is -0.0829. The standard InChI is InChI=1S/C17H34N2O/c1-4-6-16-12-17(13-18,9-10-20-16)19(3)15-8-5-7-14(2)11-15/h14-16H,4-13,18H2,1-3H3. The van der Waals surface area contributed by atoms with Gasteiger partial charge < -0.3 is 10.5 Å². The van der Waals surface area contributed by atoms with Crippen LogP contribution in [-0.4, -0.2) is 42.8 Å². The van der Waals surface area contributed by atoms with Crippen molar-refractivity contribution in [2.75, 3.05) is 20.2 Å². The maximum atomic E-state index is 6.24. The van der Waals surface area contributed by atoms with E-state index in [1.807, 2.05) is 0 Å². The van der Waals surface area contributed by atoms with Crippen molar-refractivity contribution in [3.05, 3.63) is 0 Å². The summed E-state index contributed by atoms with van der Waals surface area (Å²) >= 11 is 0. The summed E-state index contributed by atoms with van der Waals surface area (Å²) < 4.78 is 5.95. The molecule has 2 fully saturated rings. The Kier molecular flexibility index (Phi) is 5.88. The van der Waals surface area contributed by atoms with Crippen LogP contribution in [-0.2, 0) is 4.74 Å². The minimum Gasteiger partial charge on any atom is -0.378 e. The van der Waals surface area contributed by atoms with Crippen molar-refractivity contribution in [1.82, 2.24) is 4.90 Å². The van der Waals surface area contributed by atoms with Crippen LogP contribution in [0.1, 0.15) is 65.2 Å². The molecular formula is C17H34N2O. The Bertz CT molecular complexity index is 295. The summed E-state index contributed by atoms with van der Waals surface area (Å²) in [5.41, 5.74) is 6.42. The second-order valence-corrected chi connectivity index (χ2v) is 7.20. The number of likely N-dealkylation sites (N-methyl/N-ethyl adjacent to an activating group) is 1. The lowest BCUT2D eigenvalue weighted by Crippen LogP contribution is -2.60. The van der Waals surface area contributed by atoms with Crippen LogP contribution in [0, 0.1) is 5.92 Å². The highest BCUT2D eigenvalue weighted by molar-refractivity contribution is 4.98. The van der Waals surface area contributed by atoms with Crippen LogP contribution in [0.4, 0.5) is 0 Å². The molecule has 0 radical (unpaired) electrons. The van der Waals surface area contributed by atoms with Gasteiger partial charge in [-0.1, -0.05) is 33.1 Å². The van der Waals surface area contributed by atoms with Crippen molar-refractivity contribution < 1.29 is 4.74 Å². The first-order valence-electron chi connectivity index (χ1n) is 8.66. The first-order chi connectivity index (χ1) is 9.61. The van der Waals surface area contributed by atoms with Crippen LogP contribution < -0.4 is 5.73 Å². The molecule has 1 heterocycles. The zero-order valence-corrected chi connectivity index (χ0v) is 13.7. The summed E-state index contributed by atoms with van der Waals surface area (Å²) in [5, 5.41) is 0. The van der Waals surface area contributed by atoms with Gasteiger partial charge in [-0.3, -0.25) is 4.90 Å². The van der Waals surface area contributed by atoms with Gasteiger partial charge >= 0.3 is 0 Å². The summed E-state index contributed by atoms with van der Waals surface area (Å²) in [5.74, 6) is 0.873. The van der Waals surface area contributed by atoms with E-state index in [2.05, 4.69) is 25.8 Å². The van der Waals surface area contributed by atoms with Gasteiger partial charge in [0.1, 0.15) is 0 Å². The van der Waals surface area contributed by atoms with Crippen LogP contribution in [0.25, 0.3) is 0 Å². The maximum Gasteiger partial charge on any atom is 0.0593 e. The molecular weight excluding hydrogens is 248 g/mol. The zero-order chi connectivity index (χ0) is 14.6. The third-order valence-corrected chi connectivity index (χ3v) is 5.72. The van der Waals surface area contributed by atoms with Crippen molar-refractivity contribution in [1.29, 1.82) is 0 Å². The highest BCUT2D eigenvalue weighted by Gasteiger charge is 2.42. The fourth-order valence-electron chi connectivity index (χ4n) is 4.30. The average Bonchev–Trinajstić information content (AvgIpc) is 2.47. The molecule has 4 unspecified atom stereocenters. The molecule has 0 aromatic carbocycles. The molecule has 118 valence electrons. The Hall–Kier alpha value is -0.120. The minimum atomic E-state index is 0.180. The summed E-state index contributed by atoms with van der Waals surface area (Å²) in [6.45, 7) is 6.31. The number of hydrogen-bond donors (Lipinski definition) is 1. The lowest BCUT2D eigenvalue weighted by Gasteiger charge is -2.51. The Morgan fingerprint density at radius 1 is 1.35 bits per heavy atom. The lowest BCUT2D eigenvalue weighted by atomic mass is 9.79. The van der Waals surface area contributed by atoms with Gasteiger partial charge in [0.05, 0.1) is 6.10 Å². The van der Waals surface area contributed by atoms with E-state index < -0.39 is 0 Å². The van der Waals surface area contributed by atoms with Crippen molar-refractivity contribution in [3.63, 3.8) is 0 Å². The number of hydrogen-bond acceptors (Lipinski definition) is 3. The van der Waals surface area contributed by atoms with Gasteiger partial charge in [-0.05, 0) is 45.1 Å². The average molecular weight is 282 g/mol. The highest BCUT2D eigenvalue weighted by Crippen LogP contribution is 2.36.